The van der Waals surface area contributed by atoms with Crippen molar-refractivity contribution in [2.75, 3.05) is 28.3 Å². The summed E-state index contributed by atoms with van der Waals surface area (Å²) in [5.41, 5.74) is 0. The van der Waals surface area contributed by atoms with E-state index in [1.54, 1.807) is 0 Å². The second-order valence-corrected chi connectivity index (χ2v) is 1.34. The molecular formula is C4H13NORe. The van der Waals surface area contributed by atoms with E-state index in [9.17, 15) is 0 Å². The van der Waals surface area contributed by atoms with Gasteiger partial charge < -0.3 is 10.0 Å². The van der Waals surface area contributed by atoms with Gasteiger partial charge >= 0.3 is 0 Å². The van der Waals surface area contributed by atoms with Crippen molar-refractivity contribution >= 4 is 0 Å². The minimum atomic E-state index is 0. The Hall–Kier alpha value is 0.582. The van der Waals surface area contributed by atoms with Crippen LogP contribution in [0.5, 0.6) is 0 Å². The first-order valence-electron chi connectivity index (χ1n) is 1.79. The molecule has 0 spiro atoms. The second kappa shape index (κ2) is 16.0. The van der Waals surface area contributed by atoms with Crippen molar-refractivity contribution in [3.8, 4) is 0 Å². The minimum Gasteiger partial charge on any atom is -0.400 e. The Kier molecular flexibility index (Phi) is 35.7. The van der Waals surface area contributed by atoms with E-state index in [-0.39, 0.29) is 20.4 Å². The number of aliphatic hydroxyl groups is 1. The molecule has 1 radical (unpaired) electrons. The van der Waals surface area contributed by atoms with Crippen molar-refractivity contribution in [2.45, 2.75) is 0 Å². The topological polar surface area (TPSA) is 23.5 Å². The van der Waals surface area contributed by atoms with Crippen LogP contribution in [-0.2, 0) is 20.4 Å². The Morgan fingerprint density at radius 3 is 1.00 bits per heavy atom. The van der Waals surface area contributed by atoms with E-state index in [1.165, 1.54) is 0 Å². The van der Waals surface area contributed by atoms with Gasteiger partial charge in [-0.3, -0.25) is 0 Å². The first-order chi connectivity index (χ1) is 2.73. The summed E-state index contributed by atoms with van der Waals surface area (Å²) >= 11 is 0. The first kappa shape index (κ1) is 15.6. The van der Waals surface area contributed by atoms with Crippen LogP contribution < -0.4 is 0 Å². The molecule has 0 saturated heterocycles. The van der Waals surface area contributed by atoms with Crippen LogP contribution in [0, 0.1) is 0 Å². The van der Waals surface area contributed by atoms with Gasteiger partial charge in [-0.1, -0.05) is 0 Å². The van der Waals surface area contributed by atoms with Gasteiger partial charge in [0, 0.05) is 27.5 Å². The maximum absolute atomic E-state index is 7.00. The van der Waals surface area contributed by atoms with E-state index in [0.29, 0.717) is 0 Å². The fourth-order valence-electron chi connectivity index (χ4n) is 0. The third-order valence-corrected chi connectivity index (χ3v) is 0. The Bertz CT molecular complexity index is 16.4. The zero-order chi connectivity index (χ0) is 5.58. The predicted molar refractivity (Wildman–Crippen MR) is 27.8 cm³/mol. The summed E-state index contributed by atoms with van der Waals surface area (Å²) in [4.78, 5) is 2.00. The van der Waals surface area contributed by atoms with Gasteiger partial charge in [0.25, 0.3) is 0 Å². The van der Waals surface area contributed by atoms with Gasteiger partial charge in [-0.15, -0.1) is 0 Å². The molecule has 1 N–H and O–H groups in total. The van der Waals surface area contributed by atoms with Crippen molar-refractivity contribution in [3.05, 3.63) is 0 Å². The summed E-state index contributed by atoms with van der Waals surface area (Å²) in [6.45, 7) is 0. The molecule has 0 atom stereocenters. The Morgan fingerprint density at radius 1 is 1.00 bits per heavy atom. The molecule has 2 nitrogen and oxygen atoms in total. The monoisotopic (exact) mass is 278 g/mol. The van der Waals surface area contributed by atoms with E-state index in [2.05, 4.69) is 0 Å². The van der Waals surface area contributed by atoms with Crippen LogP contribution >= 0.6 is 0 Å². The summed E-state index contributed by atoms with van der Waals surface area (Å²) in [6, 6.07) is 0. The predicted octanol–water partition coefficient (Wildman–Crippen LogP) is -0.216. The summed E-state index contributed by atoms with van der Waals surface area (Å²) < 4.78 is 0. The van der Waals surface area contributed by atoms with Crippen molar-refractivity contribution in [1.82, 2.24) is 4.90 Å². The van der Waals surface area contributed by atoms with Gasteiger partial charge in [0.15, 0.2) is 0 Å². The first-order valence-corrected chi connectivity index (χ1v) is 1.79. The molecule has 0 aliphatic heterocycles. The number of nitrogens with zero attached hydrogens (tertiary/aromatic N) is 1. The molecule has 0 aromatic heterocycles. The van der Waals surface area contributed by atoms with E-state index in [1.807, 2.05) is 26.0 Å². The molecular weight excluding hydrogens is 264 g/mol. The van der Waals surface area contributed by atoms with E-state index in [0.717, 1.165) is 7.11 Å². The molecule has 0 heterocycles. The molecule has 47 valence electrons. The van der Waals surface area contributed by atoms with Crippen molar-refractivity contribution in [1.29, 1.82) is 0 Å². The fourth-order valence-corrected chi connectivity index (χ4v) is 0. The van der Waals surface area contributed by atoms with E-state index in [4.69, 9.17) is 5.11 Å². The minimum absolute atomic E-state index is 0. The van der Waals surface area contributed by atoms with Crippen molar-refractivity contribution in [3.63, 3.8) is 0 Å². The molecule has 0 aromatic carbocycles. The largest absolute Gasteiger partial charge is 0.400 e. The summed E-state index contributed by atoms with van der Waals surface area (Å²) in [6.07, 6.45) is 0. The SMILES string of the molecule is CN(C)C.CO.[Re]. The van der Waals surface area contributed by atoms with E-state index >= 15 is 0 Å². The van der Waals surface area contributed by atoms with Crippen LogP contribution in [0.25, 0.3) is 0 Å². The van der Waals surface area contributed by atoms with Crippen LogP contribution in [0.3, 0.4) is 0 Å². The quantitative estimate of drug-likeness (QED) is 0.662. The van der Waals surface area contributed by atoms with Crippen molar-refractivity contribution < 1.29 is 25.5 Å². The molecule has 0 saturated carbocycles. The molecule has 0 aromatic rings. The van der Waals surface area contributed by atoms with E-state index < -0.39 is 0 Å². The number of rotatable bonds is 0. The number of aliphatic hydroxyl groups excluding tert-OH is 1. The Labute approximate surface area is 59.2 Å². The van der Waals surface area contributed by atoms with Crippen LogP contribution in [-0.4, -0.2) is 38.3 Å². The zero-order valence-electron chi connectivity index (χ0n) is 5.27. The molecule has 7 heavy (non-hydrogen) atoms. The maximum Gasteiger partial charge on any atom is 0.0319 e. The molecule has 0 amide bonds. The Balaban J connectivity index is -0.0000000480. The molecule has 0 fully saturated rings. The van der Waals surface area contributed by atoms with Gasteiger partial charge in [-0.2, -0.15) is 0 Å². The van der Waals surface area contributed by atoms with Gasteiger partial charge in [0.2, 0.25) is 0 Å². The number of hydrogen-bond donors (Lipinski definition) is 1. The number of hydrogen-bond acceptors (Lipinski definition) is 2. The summed E-state index contributed by atoms with van der Waals surface area (Å²) in [5.74, 6) is 0. The fraction of sp³-hybridized carbons (Fsp3) is 1.00. The second-order valence-electron chi connectivity index (χ2n) is 1.34. The normalized spacial score (nSPS) is 6.00. The molecule has 0 bridgehead atoms. The van der Waals surface area contributed by atoms with Gasteiger partial charge in [0.1, 0.15) is 0 Å². The smallest absolute Gasteiger partial charge is 0.0319 e. The third-order valence-electron chi connectivity index (χ3n) is 0. The molecule has 0 rings (SSSR count). The van der Waals surface area contributed by atoms with Gasteiger partial charge in [-0.05, 0) is 21.1 Å². The maximum atomic E-state index is 7.00. The summed E-state index contributed by atoms with van der Waals surface area (Å²) in [5, 5.41) is 7.00. The summed E-state index contributed by atoms with van der Waals surface area (Å²) in [7, 11) is 7.00. The van der Waals surface area contributed by atoms with Crippen LogP contribution in [0.2, 0.25) is 0 Å². The molecule has 3 heteroatoms. The molecule has 0 unspecified atom stereocenters. The third kappa shape index (κ3) is 408. The molecule has 0 aliphatic rings. The van der Waals surface area contributed by atoms with Crippen LogP contribution in [0.1, 0.15) is 0 Å². The van der Waals surface area contributed by atoms with Crippen LogP contribution in [0.4, 0.5) is 0 Å². The zero-order valence-corrected chi connectivity index (χ0v) is 7.99. The average molecular weight is 277 g/mol. The molecule has 0 aliphatic carbocycles. The Morgan fingerprint density at radius 2 is 1.00 bits per heavy atom. The average Bonchev–Trinajstić information content (AvgIpc) is 1.41. The van der Waals surface area contributed by atoms with Crippen molar-refractivity contribution in [2.24, 2.45) is 0 Å². The van der Waals surface area contributed by atoms with Gasteiger partial charge in [0.05, 0.1) is 0 Å². The standard InChI is InChI=1S/C3H9N.CH4O.Re/c1-4(2)3;1-2;/h1-3H3;2H,1H3;. The van der Waals surface area contributed by atoms with Gasteiger partial charge in [-0.25, -0.2) is 0 Å². The van der Waals surface area contributed by atoms with Crippen LogP contribution in [0.15, 0.2) is 0 Å².